The van der Waals surface area contributed by atoms with Crippen molar-refractivity contribution in [3.05, 3.63) is 65.7 Å². The van der Waals surface area contributed by atoms with Gasteiger partial charge in [-0.05, 0) is 88.5 Å². The summed E-state index contributed by atoms with van der Waals surface area (Å²) >= 11 is 0. The summed E-state index contributed by atoms with van der Waals surface area (Å²) in [6.45, 7) is 7.96. The largest absolute Gasteiger partial charge is 0.497 e. The van der Waals surface area contributed by atoms with Gasteiger partial charge in [-0.25, -0.2) is 4.79 Å². The van der Waals surface area contributed by atoms with Crippen LogP contribution in [0.5, 0.6) is 5.75 Å². The van der Waals surface area contributed by atoms with Crippen LogP contribution in [0.25, 0.3) is 0 Å². The summed E-state index contributed by atoms with van der Waals surface area (Å²) in [4.78, 5) is 68.9. The van der Waals surface area contributed by atoms with Gasteiger partial charge in [0.25, 0.3) is 0 Å². The molecule has 2 aliphatic rings. The molecule has 4 amide bonds. The van der Waals surface area contributed by atoms with Crippen LogP contribution in [0.4, 0.5) is 4.79 Å². The molecule has 12 nitrogen and oxygen atoms in total. The van der Waals surface area contributed by atoms with Gasteiger partial charge in [0.1, 0.15) is 24.0 Å². The second-order valence-corrected chi connectivity index (χ2v) is 14.4. The highest BCUT2D eigenvalue weighted by Gasteiger charge is 2.33. The fourth-order valence-corrected chi connectivity index (χ4v) is 6.34. The predicted octanol–water partition coefficient (Wildman–Crippen LogP) is 4.64. The quantitative estimate of drug-likeness (QED) is 0.271. The second-order valence-electron chi connectivity index (χ2n) is 14.4. The summed E-state index contributed by atoms with van der Waals surface area (Å²) in [6.07, 6.45) is 3.89. The number of nitrogens with zero attached hydrogens (tertiary/aromatic N) is 2. The Hall–Kier alpha value is -4.61. The van der Waals surface area contributed by atoms with Crippen molar-refractivity contribution in [1.82, 2.24) is 20.4 Å². The number of amides is 4. The molecule has 0 radical (unpaired) electrons. The van der Waals surface area contributed by atoms with Gasteiger partial charge in [0.05, 0.1) is 19.4 Å². The normalized spacial score (nSPS) is 17.2. The summed E-state index contributed by atoms with van der Waals surface area (Å²) in [7, 11) is 1.60. The topological polar surface area (TPSA) is 144 Å². The van der Waals surface area contributed by atoms with E-state index < -0.39 is 29.4 Å². The van der Waals surface area contributed by atoms with E-state index in [0.29, 0.717) is 57.8 Å². The molecule has 51 heavy (non-hydrogen) atoms. The van der Waals surface area contributed by atoms with Crippen molar-refractivity contribution in [1.29, 1.82) is 0 Å². The Kier molecular flexibility index (Phi) is 14.7. The Bertz CT molecular complexity index is 1450. The molecule has 2 fully saturated rings. The number of piperidine rings is 2. The Balaban J connectivity index is 1.27. The standard InChI is InChI=1S/C39H54N4O8/c1-39(2,3)51-38(48)42-23-19-29(20-24-42)14-17-34(44)43-22-8-11-31(26-43)36(46)41-33(25-35(45)50-27-30-9-6-5-7-10-30)37(47)40-21-18-28-12-15-32(49-4)16-13-28/h5-7,9-10,12-13,15-16,29,31,33H,8,11,14,17-27H2,1-4H3,(H,40,47)(H,41,46)/t31-,33+/m1/s1. The number of ether oxygens (including phenoxy) is 3. The Labute approximate surface area is 301 Å². The van der Waals surface area contributed by atoms with Crippen LogP contribution in [0.3, 0.4) is 0 Å². The summed E-state index contributed by atoms with van der Waals surface area (Å²) in [6, 6.07) is 15.6. The number of nitrogens with one attached hydrogen (secondary N) is 2. The molecule has 278 valence electrons. The first-order chi connectivity index (χ1) is 24.4. The molecule has 2 aliphatic heterocycles. The van der Waals surface area contributed by atoms with E-state index in [2.05, 4.69) is 10.6 Å². The molecule has 0 aliphatic carbocycles. The molecule has 0 spiro atoms. The van der Waals surface area contributed by atoms with Crippen LogP contribution in [-0.4, -0.2) is 91.1 Å². The molecule has 0 aromatic heterocycles. The molecule has 2 saturated heterocycles. The first kappa shape index (κ1) is 39.2. The van der Waals surface area contributed by atoms with E-state index in [1.165, 1.54) is 0 Å². The lowest BCUT2D eigenvalue weighted by atomic mass is 9.91. The van der Waals surface area contributed by atoms with Gasteiger partial charge >= 0.3 is 12.1 Å². The number of methoxy groups -OCH3 is 1. The average Bonchev–Trinajstić information content (AvgIpc) is 3.13. The Morgan fingerprint density at radius 2 is 1.59 bits per heavy atom. The van der Waals surface area contributed by atoms with E-state index in [4.69, 9.17) is 14.2 Å². The molecule has 2 N–H and O–H groups in total. The zero-order valence-electron chi connectivity index (χ0n) is 30.5. The van der Waals surface area contributed by atoms with Gasteiger partial charge in [-0.1, -0.05) is 42.5 Å². The minimum absolute atomic E-state index is 0.000568. The highest BCUT2D eigenvalue weighted by Crippen LogP contribution is 2.25. The predicted molar refractivity (Wildman–Crippen MR) is 192 cm³/mol. The van der Waals surface area contributed by atoms with Crippen LogP contribution in [0.2, 0.25) is 0 Å². The van der Waals surface area contributed by atoms with E-state index in [9.17, 15) is 24.0 Å². The second kappa shape index (κ2) is 19.1. The van der Waals surface area contributed by atoms with Crippen molar-refractivity contribution < 1.29 is 38.2 Å². The van der Waals surface area contributed by atoms with Crippen LogP contribution in [0.1, 0.15) is 76.8 Å². The first-order valence-corrected chi connectivity index (χ1v) is 18.1. The molecular formula is C39H54N4O8. The third-order valence-corrected chi connectivity index (χ3v) is 9.30. The molecule has 12 heteroatoms. The maximum Gasteiger partial charge on any atom is 0.410 e. The van der Waals surface area contributed by atoms with Crippen molar-refractivity contribution in [3.63, 3.8) is 0 Å². The molecule has 2 atom stereocenters. The lowest BCUT2D eigenvalue weighted by molar-refractivity contribution is -0.147. The molecule has 2 aromatic carbocycles. The van der Waals surface area contributed by atoms with Gasteiger partial charge in [0.15, 0.2) is 0 Å². The number of likely N-dealkylation sites (tertiary alicyclic amines) is 2. The first-order valence-electron chi connectivity index (χ1n) is 18.1. The Morgan fingerprint density at radius 1 is 0.882 bits per heavy atom. The summed E-state index contributed by atoms with van der Waals surface area (Å²) in [5.41, 5.74) is 1.27. The van der Waals surface area contributed by atoms with Gasteiger partial charge in [0.2, 0.25) is 17.7 Å². The fraction of sp³-hybridized carbons (Fsp3) is 0.564. The highest BCUT2D eigenvalue weighted by atomic mass is 16.6. The maximum atomic E-state index is 13.5. The minimum atomic E-state index is -1.13. The third kappa shape index (κ3) is 13.2. The SMILES string of the molecule is COc1ccc(CCNC(=O)[C@H](CC(=O)OCc2ccccc2)NC(=O)[C@@H]2CCCN(C(=O)CCC3CCN(C(=O)OC(C)(C)C)CC3)C2)cc1. The highest BCUT2D eigenvalue weighted by molar-refractivity contribution is 5.92. The van der Waals surface area contributed by atoms with Crippen molar-refractivity contribution in [2.24, 2.45) is 11.8 Å². The van der Waals surface area contributed by atoms with Crippen LogP contribution in [0.15, 0.2) is 54.6 Å². The van der Waals surface area contributed by atoms with E-state index in [0.717, 1.165) is 36.1 Å². The van der Waals surface area contributed by atoms with Crippen LogP contribution >= 0.6 is 0 Å². The van der Waals surface area contributed by atoms with Gasteiger partial charge in [-0.15, -0.1) is 0 Å². The number of hydrogen-bond donors (Lipinski definition) is 2. The molecule has 2 heterocycles. The number of benzene rings is 2. The summed E-state index contributed by atoms with van der Waals surface area (Å²) < 4.78 is 16.1. The monoisotopic (exact) mass is 706 g/mol. The van der Waals surface area contributed by atoms with Crippen molar-refractivity contribution >= 4 is 29.8 Å². The van der Waals surface area contributed by atoms with Crippen LogP contribution < -0.4 is 15.4 Å². The number of esters is 1. The molecule has 0 saturated carbocycles. The van der Waals surface area contributed by atoms with E-state index in [1.807, 2.05) is 75.4 Å². The van der Waals surface area contributed by atoms with E-state index in [-0.39, 0.29) is 37.5 Å². The van der Waals surface area contributed by atoms with Gasteiger partial charge < -0.3 is 34.6 Å². The lowest BCUT2D eigenvalue weighted by Gasteiger charge is -2.35. The van der Waals surface area contributed by atoms with Gasteiger partial charge in [-0.2, -0.15) is 0 Å². The van der Waals surface area contributed by atoms with Gasteiger partial charge in [0, 0.05) is 39.1 Å². The molecule has 0 bridgehead atoms. The van der Waals surface area contributed by atoms with Crippen molar-refractivity contribution in [3.8, 4) is 5.75 Å². The molecule has 4 rings (SSSR count). The number of hydrogen-bond acceptors (Lipinski definition) is 8. The maximum absolute atomic E-state index is 13.5. The smallest absolute Gasteiger partial charge is 0.410 e. The zero-order valence-corrected chi connectivity index (χ0v) is 30.5. The average molecular weight is 707 g/mol. The number of rotatable bonds is 14. The molecular weight excluding hydrogens is 652 g/mol. The summed E-state index contributed by atoms with van der Waals surface area (Å²) in [5, 5.41) is 5.66. The fourth-order valence-electron chi connectivity index (χ4n) is 6.34. The summed E-state index contributed by atoms with van der Waals surface area (Å²) in [5.74, 6) is -0.883. The lowest BCUT2D eigenvalue weighted by Crippen LogP contribution is -2.52. The third-order valence-electron chi connectivity index (χ3n) is 9.30. The molecule has 0 unspecified atom stereocenters. The van der Waals surface area contributed by atoms with E-state index >= 15 is 0 Å². The zero-order chi connectivity index (χ0) is 36.8. The van der Waals surface area contributed by atoms with Gasteiger partial charge in [-0.3, -0.25) is 19.2 Å². The van der Waals surface area contributed by atoms with Crippen LogP contribution in [-0.2, 0) is 41.7 Å². The number of carbonyl (C=O) groups is 5. The van der Waals surface area contributed by atoms with Crippen molar-refractivity contribution in [2.75, 3.05) is 39.8 Å². The molecule has 2 aromatic rings. The van der Waals surface area contributed by atoms with Crippen LogP contribution in [0, 0.1) is 11.8 Å². The Morgan fingerprint density at radius 3 is 2.25 bits per heavy atom. The number of carbonyl (C=O) groups excluding carboxylic acids is 5. The van der Waals surface area contributed by atoms with Crippen molar-refractivity contribution in [2.45, 2.75) is 90.4 Å². The van der Waals surface area contributed by atoms with E-state index in [1.54, 1.807) is 16.9 Å². The minimum Gasteiger partial charge on any atom is -0.497 e.